The summed E-state index contributed by atoms with van der Waals surface area (Å²) in [5.41, 5.74) is 1.05. The molecule has 1 aromatic heterocycles. The lowest BCUT2D eigenvalue weighted by Gasteiger charge is -2.08. The lowest BCUT2D eigenvalue weighted by Crippen LogP contribution is -1.94. The number of rotatable bonds is 2. The van der Waals surface area contributed by atoms with Gasteiger partial charge in [-0.25, -0.2) is 8.78 Å². The normalized spacial score (nSPS) is 10.8. The van der Waals surface area contributed by atoms with Gasteiger partial charge in [-0.3, -0.25) is 0 Å². The molecule has 2 aromatic carbocycles. The Morgan fingerprint density at radius 2 is 1.94 bits per heavy atom. The monoisotopic (exact) mass is 260 g/mol. The van der Waals surface area contributed by atoms with Crippen molar-refractivity contribution < 1.29 is 8.78 Å². The van der Waals surface area contributed by atoms with Crippen LogP contribution in [0.1, 0.15) is 0 Å². The van der Waals surface area contributed by atoms with Crippen molar-refractivity contribution in [1.82, 2.24) is 0 Å². The van der Waals surface area contributed by atoms with E-state index in [4.69, 9.17) is 0 Å². The Balaban J connectivity index is 2.03. The smallest absolute Gasteiger partial charge is 0.149 e. The highest BCUT2D eigenvalue weighted by molar-refractivity contribution is 7.16. The molecule has 0 saturated carbocycles. The van der Waals surface area contributed by atoms with Gasteiger partial charge in [0, 0.05) is 27.2 Å². The van der Waals surface area contributed by atoms with Gasteiger partial charge in [0.2, 0.25) is 0 Å². The quantitative estimate of drug-likeness (QED) is 0.702. The van der Waals surface area contributed by atoms with E-state index in [1.54, 1.807) is 0 Å². The van der Waals surface area contributed by atoms with E-state index in [0.717, 1.165) is 21.8 Å². The number of benzene rings is 2. The Hall–Kier alpha value is -1.94. The van der Waals surface area contributed by atoms with Crippen LogP contribution in [0.25, 0.3) is 10.1 Å². The van der Waals surface area contributed by atoms with Crippen molar-refractivity contribution in [2.75, 3.05) is 5.32 Å². The van der Waals surface area contributed by atoms with E-state index < -0.39 is 11.6 Å². The Bertz CT molecular complexity index is 706. The molecule has 4 heteroatoms. The molecule has 0 bridgehead atoms. The lowest BCUT2D eigenvalue weighted by molar-refractivity contribution is 0.586. The molecule has 0 aliphatic heterocycles. The SMILES string of the molecule is Fc1ccc(Nc2cccc3s[c]cc23)c(F)c1. The zero-order valence-corrected chi connectivity index (χ0v) is 10.0. The highest BCUT2D eigenvalue weighted by Crippen LogP contribution is 2.30. The van der Waals surface area contributed by atoms with Crippen LogP contribution in [0.2, 0.25) is 0 Å². The summed E-state index contributed by atoms with van der Waals surface area (Å²) in [6.07, 6.45) is 0. The second kappa shape index (κ2) is 4.38. The molecule has 0 atom stereocenters. The molecule has 3 rings (SSSR count). The van der Waals surface area contributed by atoms with Crippen LogP contribution >= 0.6 is 11.3 Å². The molecule has 0 fully saturated rings. The van der Waals surface area contributed by atoms with Crippen LogP contribution in [-0.2, 0) is 0 Å². The first kappa shape index (κ1) is 11.2. The molecule has 1 nitrogen and oxygen atoms in total. The summed E-state index contributed by atoms with van der Waals surface area (Å²) in [5.74, 6) is -1.19. The first-order valence-electron chi connectivity index (χ1n) is 5.35. The fourth-order valence-electron chi connectivity index (χ4n) is 1.78. The molecule has 1 radical (unpaired) electrons. The maximum absolute atomic E-state index is 13.6. The van der Waals surface area contributed by atoms with E-state index in [-0.39, 0.29) is 5.69 Å². The van der Waals surface area contributed by atoms with Crippen molar-refractivity contribution in [3.63, 3.8) is 0 Å². The molecule has 0 spiro atoms. The van der Waals surface area contributed by atoms with E-state index in [9.17, 15) is 8.78 Å². The first-order chi connectivity index (χ1) is 8.74. The number of hydrogen-bond acceptors (Lipinski definition) is 2. The number of anilines is 2. The van der Waals surface area contributed by atoms with Crippen molar-refractivity contribution in [2.24, 2.45) is 0 Å². The van der Waals surface area contributed by atoms with Gasteiger partial charge >= 0.3 is 0 Å². The van der Waals surface area contributed by atoms with Crippen LogP contribution in [0.3, 0.4) is 0 Å². The predicted molar refractivity (Wildman–Crippen MR) is 70.3 cm³/mol. The summed E-state index contributed by atoms with van der Waals surface area (Å²) in [6.45, 7) is 0. The molecule has 0 amide bonds. The van der Waals surface area contributed by atoms with Gasteiger partial charge in [-0.1, -0.05) is 6.07 Å². The Labute approximate surface area is 107 Å². The average molecular weight is 260 g/mol. The summed E-state index contributed by atoms with van der Waals surface area (Å²) < 4.78 is 27.4. The number of halogens is 2. The minimum absolute atomic E-state index is 0.259. The largest absolute Gasteiger partial charge is 0.353 e. The van der Waals surface area contributed by atoms with Crippen LogP contribution in [0.15, 0.2) is 42.5 Å². The maximum Gasteiger partial charge on any atom is 0.149 e. The predicted octanol–water partition coefficient (Wildman–Crippen LogP) is 4.72. The van der Waals surface area contributed by atoms with E-state index in [1.165, 1.54) is 23.5 Å². The second-order valence-electron chi connectivity index (χ2n) is 3.83. The summed E-state index contributed by atoms with van der Waals surface area (Å²) >= 11 is 1.50. The van der Waals surface area contributed by atoms with Gasteiger partial charge in [-0.15, -0.1) is 11.3 Å². The topological polar surface area (TPSA) is 12.0 Å². The van der Waals surface area contributed by atoms with Crippen LogP contribution in [0.5, 0.6) is 0 Å². The number of hydrogen-bond donors (Lipinski definition) is 1. The van der Waals surface area contributed by atoms with Crippen LogP contribution < -0.4 is 5.32 Å². The van der Waals surface area contributed by atoms with Gasteiger partial charge in [0.15, 0.2) is 0 Å². The average Bonchev–Trinajstić information content (AvgIpc) is 2.82. The zero-order valence-electron chi connectivity index (χ0n) is 9.21. The van der Waals surface area contributed by atoms with Crippen molar-refractivity contribution in [2.45, 2.75) is 0 Å². The van der Waals surface area contributed by atoms with Gasteiger partial charge in [-0.05, 0) is 30.3 Å². The standard InChI is InChI=1S/C14H8F2NS/c15-9-4-5-13(11(16)8-9)17-12-2-1-3-14-10(12)6-7-18-14/h1-6,8,17H. The van der Waals surface area contributed by atoms with Crippen LogP contribution in [0, 0.1) is 17.0 Å². The molecule has 1 N–H and O–H groups in total. The molecule has 3 aromatic rings. The molecule has 0 aliphatic rings. The third-order valence-corrected chi connectivity index (χ3v) is 3.45. The van der Waals surface area contributed by atoms with E-state index >= 15 is 0 Å². The lowest BCUT2D eigenvalue weighted by atomic mass is 10.2. The number of nitrogens with one attached hydrogen (secondary N) is 1. The third kappa shape index (κ3) is 1.95. The summed E-state index contributed by atoms with van der Waals surface area (Å²) in [5, 5.41) is 6.99. The Morgan fingerprint density at radius 1 is 1.06 bits per heavy atom. The van der Waals surface area contributed by atoms with Crippen LogP contribution in [-0.4, -0.2) is 0 Å². The maximum atomic E-state index is 13.6. The highest BCUT2D eigenvalue weighted by Gasteiger charge is 2.06. The molecule has 0 saturated heterocycles. The van der Waals surface area contributed by atoms with Gasteiger partial charge in [0.25, 0.3) is 0 Å². The van der Waals surface area contributed by atoms with E-state index in [0.29, 0.717) is 0 Å². The number of thiophene rings is 1. The fraction of sp³-hybridized carbons (Fsp3) is 0. The van der Waals surface area contributed by atoms with Crippen molar-refractivity contribution in [1.29, 1.82) is 0 Å². The minimum atomic E-state index is -0.605. The first-order valence-corrected chi connectivity index (χ1v) is 6.16. The van der Waals surface area contributed by atoms with E-state index in [2.05, 4.69) is 10.7 Å². The van der Waals surface area contributed by atoms with Crippen molar-refractivity contribution >= 4 is 32.8 Å². The molecular formula is C14H8F2NS. The van der Waals surface area contributed by atoms with E-state index in [1.807, 2.05) is 24.3 Å². The van der Waals surface area contributed by atoms with Gasteiger partial charge in [0.1, 0.15) is 11.6 Å². The summed E-state index contributed by atoms with van der Waals surface area (Å²) in [6, 6.07) is 11.0. The van der Waals surface area contributed by atoms with Gasteiger partial charge < -0.3 is 5.32 Å². The summed E-state index contributed by atoms with van der Waals surface area (Å²) in [4.78, 5) is 0. The third-order valence-electron chi connectivity index (χ3n) is 2.64. The second-order valence-corrected chi connectivity index (χ2v) is 4.71. The zero-order chi connectivity index (χ0) is 12.5. The molecule has 1 heterocycles. The molecule has 0 aliphatic carbocycles. The Morgan fingerprint density at radius 3 is 2.78 bits per heavy atom. The number of fused-ring (bicyclic) bond motifs is 1. The van der Waals surface area contributed by atoms with Gasteiger partial charge in [0.05, 0.1) is 5.69 Å². The highest BCUT2D eigenvalue weighted by atomic mass is 32.1. The molecule has 89 valence electrons. The van der Waals surface area contributed by atoms with Crippen molar-refractivity contribution in [3.05, 3.63) is 59.5 Å². The fourth-order valence-corrected chi connectivity index (χ4v) is 2.51. The van der Waals surface area contributed by atoms with Gasteiger partial charge in [-0.2, -0.15) is 0 Å². The summed E-state index contributed by atoms with van der Waals surface area (Å²) in [7, 11) is 0. The van der Waals surface area contributed by atoms with Crippen LogP contribution in [0.4, 0.5) is 20.2 Å². The molecule has 0 unspecified atom stereocenters. The molecule has 18 heavy (non-hydrogen) atoms. The van der Waals surface area contributed by atoms with Crippen molar-refractivity contribution in [3.8, 4) is 0 Å². The Kier molecular flexibility index (Phi) is 2.72. The minimum Gasteiger partial charge on any atom is -0.353 e. The molecular weight excluding hydrogens is 252 g/mol.